The van der Waals surface area contributed by atoms with Gasteiger partial charge >= 0.3 is 5.97 Å². The van der Waals surface area contributed by atoms with Crippen LogP contribution >= 0.6 is 22.9 Å². The van der Waals surface area contributed by atoms with E-state index in [-0.39, 0.29) is 22.6 Å². The molecule has 3 aromatic rings. The smallest absolute Gasteiger partial charge is 0.338 e. The Balaban J connectivity index is 1.90. The van der Waals surface area contributed by atoms with Crippen LogP contribution in [0.5, 0.6) is 5.75 Å². The van der Waals surface area contributed by atoms with Gasteiger partial charge < -0.3 is 14.4 Å². The van der Waals surface area contributed by atoms with Crippen LogP contribution in [-0.4, -0.2) is 37.2 Å². The van der Waals surface area contributed by atoms with E-state index in [2.05, 4.69) is 0 Å². The molecule has 0 saturated heterocycles. The number of ether oxygens (including phenoxy) is 2. The van der Waals surface area contributed by atoms with Crippen molar-refractivity contribution in [3.8, 4) is 5.75 Å². The summed E-state index contributed by atoms with van der Waals surface area (Å²) >= 11 is 7.54. The van der Waals surface area contributed by atoms with Crippen LogP contribution in [0.25, 0.3) is 5.57 Å². The largest absolute Gasteiger partial charge is 0.496 e. The highest BCUT2D eigenvalue weighted by Gasteiger charge is 2.38. The minimum Gasteiger partial charge on any atom is -0.496 e. The summed E-state index contributed by atoms with van der Waals surface area (Å²) in [5.41, 5.74) is 2.62. The van der Waals surface area contributed by atoms with Crippen LogP contribution in [-0.2, 0) is 14.3 Å². The van der Waals surface area contributed by atoms with E-state index in [1.54, 1.807) is 32.2 Å². The molecule has 10 heteroatoms. The molecule has 1 atom stereocenters. The molecule has 0 bridgehead atoms. The molecule has 1 amide bonds. The minimum atomic E-state index is -0.903. The summed E-state index contributed by atoms with van der Waals surface area (Å²) in [5, 5.41) is 0.421. The average Bonchev–Trinajstić information content (AvgIpc) is 3.36. The second-order valence-electron chi connectivity index (χ2n) is 8.88. The summed E-state index contributed by atoms with van der Waals surface area (Å²) < 4.78 is 12.8. The van der Waals surface area contributed by atoms with Crippen molar-refractivity contribution in [2.45, 2.75) is 32.7 Å². The highest BCUT2D eigenvalue weighted by Crippen LogP contribution is 2.39. The number of aromatic nitrogens is 1. The van der Waals surface area contributed by atoms with E-state index in [4.69, 9.17) is 26.1 Å². The molecule has 0 N–H and O–H groups in total. The van der Waals surface area contributed by atoms with Gasteiger partial charge in [-0.15, -0.1) is 0 Å². The SMILES string of the molecule is CCCC1=C(C(=O)OCC)[C@H](c2cc(Cl)ccc2OC)n2c(s/c(=C3/C(=O)N(C)c4ccccc43)c2=O)=N1. The fourth-order valence-electron chi connectivity index (χ4n) is 4.97. The number of allylic oxidation sites excluding steroid dienone is 1. The van der Waals surface area contributed by atoms with Crippen molar-refractivity contribution in [2.24, 2.45) is 4.99 Å². The first kappa shape index (κ1) is 25.9. The van der Waals surface area contributed by atoms with E-state index >= 15 is 0 Å². The molecule has 3 heterocycles. The second kappa shape index (κ2) is 10.2. The first-order valence-electron chi connectivity index (χ1n) is 12.3. The van der Waals surface area contributed by atoms with Crippen LogP contribution in [0, 0.1) is 0 Å². The summed E-state index contributed by atoms with van der Waals surface area (Å²) in [4.78, 5) is 47.6. The molecule has 0 fully saturated rings. The van der Waals surface area contributed by atoms with Crippen molar-refractivity contribution in [1.29, 1.82) is 0 Å². The molecule has 8 nitrogen and oxygen atoms in total. The summed E-state index contributed by atoms with van der Waals surface area (Å²) in [6, 6.07) is 11.5. The Morgan fingerprint density at radius 1 is 1.16 bits per heavy atom. The number of thiazole rings is 1. The van der Waals surface area contributed by atoms with Crippen molar-refractivity contribution in [1.82, 2.24) is 4.57 Å². The number of carbonyl (C=O) groups excluding carboxylic acids is 2. The lowest BCUT2D eigenvalue weighted by atomic mass is 9.93. The predicted octanol–water partition coefficient (Wildman–Crippen LogP) is 3.59. The van der Waals surface area contributed by atoms with Crippen LogP contribution in [0.15, 0.2) is 63.5 Å². The van der Waals surface area contributed by atoms with Crippen LogP contribution < -0.4 is 24.5 Å². The Hall–Kier alpha value is -3.69. The number of amides is 1. The van der Waals surface area contributed by atoms with Gasteiger partial charge in [0.1, 0.15) is 16.3 Å². The fraction of sp³-hybridized carbons (Fsp3) is 0.286. The molecule has 5 rings (SSSR count). The van der Waals surface area contributed by atoms with Gasteiger partial charge in [0.2, 0.25) is 0 Å². The summed E-state index contributed by atoms with van der Waals surface area (Å²) in [7, 11) is 3.20. The number of rotatable bonds is 6. The molecule has 2 aliphatic heterocycles. The fourth-order valence-corrected chi connectivity index (χ4v) is 6.26. The number of hydrogen-bond donors (Lipinski definition) is 0. The standard InChI is InChI=1S/C28H26ClN3O5S/c1-5-9-18-22(27(35)37-6-2)23(17-14-15(29)12-13-20(17)36-4)32-26(34)24(38-28(32)30-18)21-16-10-7-8-11-19(16)31(3)25(21)33/h7-8,10-14,23H,5-6,9H2,1-4H3/b24-21+/t23-/m0/s1. The molecule has 38 heavy (non-hydrogen) atoms. The van der Waals surface area contributed by atoms with E-state index in [9.17, 15) is 14.4 Å². The summed E-state index contributed by atoms with van der Waals surface area (Å²) in [6.45, 7) is 3.87. The van der Waals surface area contributed by atoms with E-state index < -0.39 is 17.6 Å². The maximum atomic E-state index is 14.2. The van der Waals surface area contributed by atoms with Gasteiger partial charge in [-0.3, -0.25) is 14.2 Å². The lowest BCUT2D eigenvalue weighted by Crippen LogP contribution is -2.41. The van der Waals surface area contributed by atoms with Crippen molar-refractivity contribution in [3.63, 3.8) is 0 Å². The average molecular weight is 552 g/mol. The number of halogens is 1. The van der Waals surface area contributed by atoms with Gasteiger partial charge in [-0.05, 0) is 37.6 Å². The number of likely N-dealkylation sites (N-methyl/N-ethyl adjacent to an activating group) is 1. The van der Waals surface area contributed by atoms with Crippen molar-refractivity contribution >= 4 is 46.1 Å². The number of nitrogens with zero attached hydrogens (tertiary/aromatic N) is 3. The number of carbonyl (C=O) groups is 2. The first-order chi connectivity index (χ1) is 18.3. The molecule has 0 aliphatic carbocycles. The Labute approximate surface area is 228 Å². The number of methoxy groups -OCH3 is 1. The van der Waals surface area contributed by atoms with Crippen LogP contribution in [0.1, 0.15) is 43.9 Å². The third-order valence-corrected chi connectivity index (χ3v) is 7.92. The Morgan fingerprint density at radius 2 is 1.92 bits per heavy atom. The zero-order chi connectivity index (χ0) is 27.1. The molecule has 196 valence electrons. The molecule has 1 aromatic heterocycles. The minimum absolute atomic E-state index is 0.160. The van der Waals surface area contributed by atoms with Gasteiger partial charge in [-0.2, -0.15) is 0 Å². The van der Waals surface area contributed by atoms with Crippen LogP contribution in [0.2, 0.25) is 5.02 Å². The predicted molar refractivity (Wildman–Crippen MR) is 146 cm³/mol. The zero-order valence-corrected chi connectivity index (χ0v) is 23.0. The number of hydrogen-bond acceptors (Lipinski definition) is 7. The number of benzene rings is 2. The topological polar surface area (TPSA) is 90.2 Å². The number of anilines is 1. The molecule has 2 aromatic carbocycles. The highest BCUT2D eigenvalue weighted by atomic mass is 35.5. The number of esters is 1. The molecular formula is C28H26ClN3O5S. The lowest BCUT2D eigenvalue weighted by Gasteiger charge is -2.27. The maximum absolute atomic E-state index is 14.2. The van der Waals surface area contributed by atoms with E-state index in [0.717, 1.165) is 23.4 Å². The van der Waals surface area contributed by atoms with Crippen molar-refractivity contribution in [2.75, 3.05) is 25.7 Å². The molecule has 0 spiro atoms. The van der Waals surface area contributed by atoms with Gasteiger partial charge in [-0.1, -0.05) is 54.5 Å². The van der Waals surface area contributed by atoms with Crippen molar-refractivity contribution in [3.05, 3.63) is 89.6 Å². The molecule has 0 unspecified atom stereocenters. The molecule has 2 aliphatic rings. The normalized spacial score (nSPS) is 17.8. The Kier molecular flexibility index (Phi) is 6.98. The monoisotopic (exact) mass is 551 g/mol. The van der Waals surface area contributed by atoms with Gasteiger partial charge in [0.05, 0.1) is 36.2 Å². The third kappa shape index (κ3) is 4.06. The van der Waals surface area contributed by atoms with Gasteiger partial charge in [0, 0.05) is 23.2 Å². The first-order valence-corrected chi connectivity index (χ1v) is 13.5. The second-order valence-corrected chi connectivity index (χ2v) is 10.3. The van der Waals surface area contributed by atoms with Gasteiger partial charge in [0.15, 0.2) is 4.80 Å². The quantitative estimate of drug-likeness (QED) is 0.437. The molecule has 0 saturated carbocycles. The lowest BCUT2D eigenvalue weighted by molar-refractivity contribution is -0.139. The highest BCUT2D eigenvalue weighted by molar-refractivity contribution is 7.07. The van der Waals surface area contributed by atoms with E-state index in [0.29, 0.717) is 44.4 Å². The molecular weight excluding hydrogens is 526 g/mol. The molecule has 0 radical (unpaired) electrons. The third-order valence-electron chi connectivity index (χ3n) is 6.63. The van der Waals surface area contributed by atoms with Gasteiger partial charge in [0.25, 0.3) is 11.5 Å². The summed E-state index contributed by atoms with van der Waals surface area (Å²) in [5.74, 6) is -0.377. The van der Waals surface area contributed by atoms with Crippen molar-refractivity contribution < 1.29 is 19.1 Å². The number of fused-ring (bicyclic) bond motifs is 2. The Morgan fingerprint density at radius 3 is 2.63 bits per heavy atom. The van der Waals surface area contributed by atoms with Gasteiger partial charge in [-0.25, -0.2) is 9.79 Å². The maximum Gasteiger partial charge on any atom is 0.338 e. The van der Waals surface area contributed by atoms with Crippen LogP contribution in [0.4, 0.5) is 5.69 Å². The zero-order valence-electron chi connectivity index (χ0n) is 21.4. The number of para-hydroxylation sites is 1. The van der Waals surface area contributed by atoms with Crippen LogP contribution in [0.3, 0.4) is 0 Å². The van der Waals surface area contributed by atoms with E-state index in [1.165, 1.54) is 16.6 Å². The summed E-state index contributed by atoms with van der Waals surface area (Å²) in [6.07, 6.45) is 1.22. The van der Waals surface area contributed by atoms with E-state index in [1.807, 2.05) is 31.2 Å². The Bertz CT molecular complexity index is 1690.